The number of amides is 2. The van der Waals surface area contributed by atoms with E-state index in [2.05, 4.69) is 0 Å². The first kappa shape index (κ1) is 24.4. The minimum absolute atomic E-state index is 0.0856. The lowest BCUT2D eigenvalue weighted by Crippen LogP contribution is -2.51. The predicted octanol–water partition coefficient (Wildman–Crippen LogP) is 5.26. The number of cyclic esters (lactones) is 1. The maximum Gasteiger partial charge on any atom is 0.418 e. The van der Waals surface area contributed by atoms with Crippen LogP contribution in [0.4, 0.5) is 4.79 Å². The van der Waals surface area contributed by atoms with Gasteiger partial charge < -0.3 is 4.74 Å². The molecular weight excluding hydrogens is 420 g/mol. The third-order valence-corrected chi connectivity index (χ3v) is 6.18. The van der Waals surface area contributed by atoms with Crippen molar-refractivity contribution < 1.29 is 19.2 Å². The molecule has 1 heterocycles. The molecule has 0 N–H and O–H groups in total. The molecule has 1 fully saturated rings. The van der Waals surface area contributed by atoms with Gasteiger partial charge in [-0.05, 0) is 18.3 Å². The molecule has 1 aliphatic rings. The van der Waals surface area contributed by atoms with Crippen molar-refractivity contribution >= 4 is 12.0 Å². The maximum absolute atomic E-state index is 13.8. The number of carbonyl (C=O) groups is 2. The van der Waals surface area contributed by atoms with Crippen LogP contribution < -0.4 is 0 Å². The summed E-state index contributed by atoms with van der Waals surface area (Å²) in [6.07, 6.45) is -0.158. The van der Waals surface area contributed by atoms with Gasteiger partial charge in [0.05, 0.1) is 6.04 Å². The van der Waals surface area contributed by atoms with Crippen molar-refractivity contribution in [2.75, 3.05) is 6.54 Å². The quantitative estimate of drug-likeness (QED) is 0.382. The maximum atomic E-state index is 13.8. The molecule has 7 heteroatoms. The van der Waals surface area contributed by atoms with Crippen molar-refractivity contribution in [1.29, 1.82) is 0 Å². The summed E-state index contributed by atoms with van der Waals surface area (Å²) >= 11 is 0. The van der Waals surface area contributed by atoms with Crippen LogP contribution in [-0.4, -0.2) is 34.4 Å². The number of imide groups is 1. The monoisotopic (exact) mass is 452 g/mol. The summed E-state index contributed by atoms with van der Waals surface area (Å²) < 4.78 is 6.14. The van der Waals surface area contributed by atoms with E-state index in [-0.39, 0.29) is 24.8 Å². The first-order chi connectivity index (χ1) is 15.7. The lowest BCUT2D eigenvalue weighted by Gasteiger charge is -2.38. The van der Waals surface area contributed by atoms with Crippen LogP contribution in [0, 0.1) is 27.9 Å². The molecular formula is C26H32N2O5. The molecule has 3 rings (SSSR count). The Balaban J connectivity index is 2.12. The Morgan fingerprint density at radius 2 is 1.55 bits per heavy atom. The smallest absolute Gasteiger partial charge is 0.418 e. The molecule has 2 atom stereocenters. The molecule has 176 valence electrons. The number of rotatable bonds is 9. The van der Waals surface area contributed by atoms with E-state index >= 15 is 0 Å². The Kier molecular flexibility index (Phi) is 7.51. The Bertz CT molecular complexity index is 935. The standard InChI is InChI=1S/C26H32N2O5/c1-18(2)17-20(15-16-27(31)32)24(29)28-23(19(3)4)26(33-25(28)30,21-11-7-5-8-12-21)22-13-9-6-10-14-22/h5-14,18-20,23H,15-17H2,1-4H3/t20-,23+/m1/s1. The zero-order chi connectivity index (χ0) is 24.2. The first-order valence-electron chi connectivity index (χ1n) is 11.5. The van der Waals surface area contributed by atoms with Crippen LogP contribution in [0.3, 0.4) is 0 Å². The third kappa shape index (κ3) is 4.92. The van der Waals surface area contributed by atoms with Gasteiger partial charge in [-0.15, -0.1) is 0 Å². The number of hydrogen-bond donors (Lipinski definition) is 0. The van der Waals surface area contributed by atoms with E-state index < -0.39 is 34.5 Å². The number of ether oxygens (including phenoxy) is 1. The predicted molar refractivity (Wildman–Crippen MR) is 125 cm³/mol. The van der Waals surface area contributed by atoms with E-state index in [0.29, 0.717) is 6.42 Å². The number of benzene rings is 2. The van der Waals surface area contributed by atoms with Crippen molar-refractivity contribution in [3.05, 3.63) is 81.9 Å². The van der Waals surface area contributed by atoms with Crippen molar-refractivity contribution in [2.45, 2.75) is 52.2 Å². The van der Waals surface area contributed by atoms with E-state index in [1.165, 1.54) is 4.90 Å². The molecule has 0 bridgehead atoms. The molecule has 2 aromatic carbocycles. The summed E-state index contributed by atoms with van der Waals surface area (Å²) in [4.78, 5) is 39.0. The highest BCUT2D eigenvalue weighted by Crippen LogP contribution is 2.47. The van der Waals surface area contributed by atoms with Gasteiger partial charge in [0, 0.05) is 28.4 Å². The van der Waals surface area contributed by atoms with E-state index in [1.54, 1.807) is 0 Å². The van der Waals surface area contributed by atoms with Crippen molar-refractivity contribution in [2.24, 2.45) is 17.8 Å². The topological polar surface area (TPSA) is 89.8 Å². The second-order valence-corrected chi connectivity index (χ2v) is 9.40. The Morgan fingerprint density at radius 1 is 1.03 bits per heavy atom. The minimum atomic E-state index is -1.17. The molecule has 0 aliphatic carbocycles. The number of hydrogen-bond acceptors (Lipinski definition) is 5. The second-order valence-electron chi connectivity index (χ2n) is 9.40. The van der Waals surface area contributed by atoms with Gasteiger partial charge in [-0.1, -0.05) is 88.4 Å². The summed E-state index contributed by atoms with van der Waals surface area (Å²) in [5, 5.41) is 11.0. The van der Waals surface area contributed by atoms with Crippen LogP contribution in [0.15, 0.2) is 60.7 Å². The van der Waals surface area contributed by atoms with Crippen LogP contribution in [0.25, 0.3) is 0 Å². The van der Waals surface area contributed by atoms with Gasteiger partial charge in [-0.2, -0.15) is 0 Å². The van der Waals surface area contributed by atoms with Gasteiger partial charge in [0.15, 0.2) is 5.60 Å². The van der Waals surface area contributed by atoms with Crippen LogP contribution in [-0.2, 0) is 15.1 Å². The van der Waals surface area contributed by atoms with Crippen LogP contribution >= 0.6 is 0 Å². The average Bonchev–Trinajstić information content (AvgIpc) is 3.11. The average molecular weight is 453 g/mol. The highest BCUT2D eigenvalue weighted by molar-refractivity contribution is 5.96. The number of nitrogens with zero attached hydrogens (tertiary/aromatic N) is 2. The molecule has 0 saturated carbocycles. The van der Waals surface area contributed by atoms with E-state index in [0.717, 1.165) is 11.1 Å². The molecule has 1 saturated heterocycles. The zero-order valence-electron chi connectivity index (χ0n) is 19.6. The molecule has 0 aromatic heterocycles. The Labute approximate surface area is 194 Å². The SMILES string of the molecule is CC(C)C[C@@H](CC[N+](=O)[O-])C(=O)N1C(=O)OC(c2ccccc2)(c2ccccc2)[C@@H]1C(C)C. The molecule has 2 aromatic rings. The Morgan fingerprint density at radius 3 is 1.97 bits per heavy atom. The highest BCUT2D eigenvalue weighted by atomic mass is 16.6. The van der Waals surface area contributed by atoms with Crippen molar-refractivity contribution in [3.8, 4) is 0 Å². The molecule has 0 radical (unpaired) electrons. The van der Waals surface area contributed by atoms with Crippen LogP contribution in [0.2, 0.25) is 0 Å². The molecule has 0 spiro atoms. The fraction of sp³-hybridized carbons (Fsp3) is 0.462. The number of nitro groups is 1. The third-order valence-electron chi connectivity index (χ3n) is 6.18. The minimum Gasteiger partial charge on any atom is -0.430 e. The van der Waals surface area contributed by atoms with Crippen LogP contribution in [0.5, 0.6) is 0 Å². The molecule has 33 heavy (non-hydrogen) atoms. The van der Waals surface area contributed by atoms with Gasteiger partial charge in [0.2, 0.25) is 12.5 Å². The molecule has 7 nitrogen and oxygen atoms in total. The van der Waals surface area contributed by atoms with E-state index in [9.17, 15) is 19.7 Å². The summed E-state index contributed by atoms with van der Waals surface area (Å²) in [6, 6.07) is 18.3. The first-order valence-corrected chi connectivity index (χ1v) is 11.5. The van der Waals surface area contributed by atoms with Gasteiger partial charge >= 0.3 is 6.09 Å². The van der Waals surface area contributed by atoms with Crippen LogP contribution in [0.1, 0.15) is 51.7 Å². The molecule has 2 amide bonds. The normalized spacial score (nSPS) is 18.4. The van der Waals surface area contributed by atoms with Gasteiger partial charge in [0.1, 0.15) is 0 Å². The summed E-state index contributed by atoms with van der Waals surface area (Å²) in [5.41, 5.74) is 0.392. The van der Waals surface area contributed by atoms with Gasteiger partial charge in [-0.25, -0.2) is 9.69 Å². The van der Waals surface area contributed by atoms with Crippen molar-refractivity contribution in [1.82, 2.24) is 4.90 Å². The van der Waals surface area contributed by atoms with E-state index in [4.69, 9.17) is 4.74 Å². The summed E-state index contributed by atoms with van der Waals surface area (Å²) in [5.74, 6) is -1.01. The van der Waals surface area contributed by atoms with Gasteiger partial charge in [-0.3, -0.25) is 14.9 Å². The summed E-state index contributed by atoms with van der Waals surface area (Å²) in [6.45, 7) is 7.53. The molecule has 1 aliphatic heterocycles. The lowest BCUT2D eigenvalue weighted by atomic mass is 9.75. The van der Waals surface area contributed by atoms with Crippen molar-refractivity contribution in [3.63, 3.8) is 0 Å². The fourth-order valence-electron chi connectivity index (χ4n) is 4.90. The van der Waals surface area contributed by atoms with E-state index in [1.807, 2.05) is 88.4 Å². The number of carbonyl (C=O) groups excluding carboxylic acids is 2. The highest BCUT2D eigenvalue weighted by Gasteiger charge is 2.59. The lowest BCUT2D eigenvalue weighted by molar-refractivity contribution is -0.481. The van der Waals surface area contributed by atoms with Gasteiger partial charge in [0.25, 0.3) is 0 Å². The Hall–Kier alpha value is -3.22. The fourth-order valence-corrected chi connectivity index (χ4v) is 4.90. The largest absolute Gasteiger partial charge is 0.430 e. The molecule has 0 unspecified atom stereocenters. The zero-order valence-corrected chi connectivity index (χ0v) is 19.6. The second kappa shape index (κ2) is 10.1. The summed E-state index contributed by atoms with van der Waals surface area (Å²) in [7, 11) is 0.